The number of fused-ring (bicyclic) bond motifs is 2. The minimum atomic E-state index is 0.761. The Labute approximate surface area is 156 Å². The molecule has 24 heavy (non-hydrogen) atoms. The zero-order valence-electron chi connectivity index (χ0n) is 13.5. The highest BCUT2D eigenvalue weighted by molar-refractivity contribution is 9.15. The summed E-state index contributed by atoms with van der Waals surface area (Å²) >= 11 is 10.00. The Hall–Kier alpha value is -1.42. The number of likely N-dealkylation sites (tertiary alicyclic amines) is 1. The maximum atomic E-state index is 6.26. The number of nitrogens with zero attached hydrogens (tertiary/aromatic N) is 2. The van der Waals surface area contributed by atoms with Crippen LogP contribution in [0.1, 0.15) is 35.2 Å². The van der Waals surface area contributed by atoms with Crippen molar-refractivity contribution in [3.05, 3.63) is 69.5 Å². The van der Waals surface area contributed by atoms with E-state index in [-0.39, 0.29) is 0 Å². The van der Waals surface area contributed by atoms with E-state index in [0.717, 1.165) is 52.3 Å². The van der Waals surface area contributed by atoms with Crippen molar-refractivity contribution in [3.63, 3.8) is 0 Å². The first-order valence-electron chi connectivity index (χ1n) is 8.17. The van der Waals surface area contributed by atoms with Gasteiger partial charge in [-0.05, 0) is 55.3 Å². The molecule has 2 aliphatic rings. The van der Waals surface area contributed by atoms with Gasteiger partial charge in [-0.2, -0.15) is 0 Å². The number of hydrogen-bond acceptors (Lipinski definition) is 2. The van der Waals surface area contributed by atoms with Crippen LogP contribution in [-0.2, 0) is 0 Å². The molecule has 122 valence electrons. The van der Waals surface area contributed by atoms with Crippen LogP contribution in [0.4, 0.5) is 0 Å². The summed E-state index contributed by atoms with van der Waals surface area (Å²) in [7, 11) is 2.19. The fourth-order valence-corrected chi connectivity index (χ4v) is 4.26. The van der Waals surface area contributed by atoms with Crippen molar-refractivity contribution in [1.82, 2.24) is 9.88 Å². The largest absolute Gasteiger partial charge is 0.306 e. The number of halogens is 2. The molecule has 0 amide bonds. The van der Waals surface area contributed by atoms with E-state index in [1.54, 1.807) is 0 Å². The average Bonchev–Trinajstić information content (AvgIpc) is 2.70. The van der Waals surface area contributed by atoms with E-state index in [9.17, 15) is 0 Å². The molecule has 0 saturated carbocycles. The van der Waals surface area contributed by atoms with Gasteiger partial charge in [0.2, 0.25) is 0 Å². The molecule has 1 aromatic heterocycles. The van der Waals surface area contributed by atoms with Gasteiger partial charge in [0.1, 0.15) is 0 Å². The SMILES string of the molecule is CN1CCC(=C2c3ccc(Cl)cc3C=C(Br)c3cccnc32)CC1. The lowest BCUT2D eigenvalue weighted by Crippen LogP contribution is -2.27. The number of hydrogen-bond donors (Lipinski definition) is 0. The molecule has 1 aromatic carbocycles. The van der Waals surface area contributed by atoms with Crippen LogP contribution in [0, 0.1) is 0 Å². The van der Waals surface area contributed by atoms with Crippen LogP contribution in [0.15, 0.2) is 42.1 Å². The molecule has 2 nitrogen and oxygen atoms in total. The molecule has 2 heterocycles. The second-order valence-corrected chi connectivity index (χ2v) is 7.70. The standard InChI is InChI=1S/C20H18BrClN2/c1-24-9-6-13(7-10-24)19-16-5-4-15(22)11-14(16)12-18(21)17-3-2-8-23-20(17)19/h2-5,8,11-12H,6-7,9-10H2,1H3. The highest BCUT2D eigenvalue weighted by Crippen LogP contribution is 2.42. The normalized spacial score (nSPS) is 17.9. The highest BCUT2D eigenvalue weighted by atomic mass is 79.9. The lowest BCUT2D eigenvalue weighted by Gasteiger charge is -2.27. The first kappa shape index (κ1) is 16.1. The van der Waals surface area contributed by atoms with Crippen molar-refractivity contribution in [1.29, 1.82) is 0 Å². The third kappa shape index (κ3) is 2.85. The Balaban J connectivity index is 2.01. The van der Waals surface area contributed by atoms with Crippen LogP contribution in [0.3, 0.4) is 0 Å². The molecule has 0 N–H and O–H groups in total. The molecule has 0 unspecified atom stereocenters. The maximum absolute atomic E-state index is 6.26. The van der Waals surface area contributed by atoms with Gasteiger partial charge in [-0.25, -0.2) is 0 Å². The summed E-state index contributed by atoms with van der Waals surface area (Å²) in [4.78, 5) is 7.14. The van der Waals surface area contributed by atoms with E-state index in [2.05, 4.69) is 46.1 Å². The molecule has 1 saturated heterocycles. The van der Waals surface area contributed by atoms with Gasteiger partial charge in [0.05, 0.1) is 5.69 Å². The third-order valence-electron chi connectivity index (χ3n) is 4.81. The Morgan fingerprint density at radius 3 is 2.71 bits per heavy atom. The molecule has 1 aliphatic heterocycles. The molecule has 4 heteroatoms. The molecule has 0 atom stereocenters. The van der Waals surface area contributed by atoms with E-state index < -0.39 is 0 Å². The van der Waals surface area contributed by atoms with Crippen molar-refractivity contribution < 1.29 is 0 Å². The maximum Gasteiger partial charge on any atom is 0.0791 e. The zero-order chi connectivity index (χ0) is 16.7. The quantitative estimate of drug-likeness (QED) is 0.582. The fraction of sp³-hybridized carbons (Fsp3) is 0.250. The van der Waals surface area contributed by atoms with Crippen molar-refractivity contribution in [3.8, 4) is 0 Å². The molecule has 2 aromatic rings. The average molecular weight is 402 g/mol. The van der Waals surface area contributed by atoms with Crippen LogP contribution < -0.4 is 0 Å². The Morgan fingerprint density at radius 2 is 1.92 bits per heavy atom. The number of pyridine rings is 1. The topological polar surface area (TPSA) is 16.1 Å². The first-order valence-corrected chi connectivity index (χ1v) is 9.34. The predicted molar refractivity (Wildman–Crippen MR) is 105 cm³/mol. The molecular weight excluding hydrogens is 384 g/mol. The summed E-state index contributed by atoms with van der Waals surface area (Å²) in [6, 6.07) is 10.3. The van der Waals surface area contributed by atoms with Crippen LogP contribution >= 0.6 is 27.5 Å². The second kappa shape index (κ2) is 6.47. The molecule has 4 rings (SSSR count). The number of aromatic nitrogens is 1. The van der Waals surface area contributed by atoms with E-state index in [1.165, 1.54) is 16.7 Å². The lowest BCUT2D eigenvalue weighted by atomic mass is 9.88. The number of benzene rings is 1. The summed E-state index contributed by atoms with van der Waals surface area (Å²) in [5.74, 6) is 0. The smallest absolute Gasteiger partial charge is 0.0791 e. The molecule has 1 fully saturated rings. The Morgan fingerprint density at radius 1 is 1.12 bits per heavy atom. The monoisotopic (exact) mass is 400 g/mol. The molecule has 0 spiro atoms. The van der Waals surface area contributed by atoms with Gasteiger partial charge < -0.3 is 4.90 Å². The van der Waals surface area contributed by atoms with Gasteiger partial charge in [0.25, 0.3) is 0 Å². The summed E-state index contributed by atoms with van der Waals surface area (Å²) < 4.78 is 1.05. The Bertz CT molecular complexity index is 860. The van der Waals surface area contributed by atoms with E-state index >= 15 is 0 Å². The fourth-order valence-electron chi connectivity index (χ4n) is 3.52. The van der Waals surface area contributed by atoms with Gasteiger partial charge in [-0.1, -0.05) is 45.2 Å². The molecule has 0 bridgehead atoms. The number of piperidine rings is 1. The minimum Gasteiger partial charge on any atom is -0.306 e. The minimum absolute atomic E-state index is 0.761. The Kier molecular flexibility index (Phi) is 4.33. The second-order valence-electron chi connectivity index (χ2n) is 6.41. The van der Waals surface area contributed by atoms with Gasteiger partial charge in [-0.3, -0.25) is 4.98 Å². The van der Waals surface area contributed by atoms with Crippen molar-refractivity contribution in [2.24, 2.45) is 0 Å². The van der Waals surface area contributed by atoms with E-state index in [4.69, 9.17) is 16.6 Å². The van der Waals surface area contributed by atoms with E-state index in [1.807, 2.05) is 24.4 Å². The van der Waals surface area contributed by atoms with Crippen molar-refractivity contribution in [2.75, 3.05) is 20.1 Å². The van der Waals surface area contributed by atoms with Gasteiger partial charge >= 0.3 is 0 Å². The lowest BCUT2D eigenvalue weighted by molar-refractivity contribution is 0.313. The third-order valence-corrected chi connectivity index (χ3v) is 5.70. The highest BCUT2D eigenvalue weighted by Gasteiger charge is 2.24. The van der Waals surface area contributed by atoms with Crippen LogP contribution in [0.5, 0.6) is 0 Å². The molecule has 1 aliphatic carbocycles. The van der Waals surface area contributed by atoms with Crippen molar-refractivity contribution in [2.45, 2.75) is 12.8 Å². The van der Waals surface area contributed by atoms with Crippen LogP contribution in [-0.4, -0.2) is 30.0 Å². The van der Waals surface area contributed by atoms with Gasteiger partial charge in [0, 0.05) is 39.9 Å². The zero-order valence-corrected chi connectivity index (χ0v) is 15.9. The summed E-state index contributed by atoms with van der Waals surface area (Å²) in [5, 5.41) is 0.761. The summed E-state index contributed by atoms with van der Waals surface area (Å²) in [6.07, 6.45) is 6.21. The number of rotatable bonds is 0. The van der Waals surface area contributed by atoms with E-state index in [0.29, 0.717) is 0 Å². The predicted octanol–water partition coefficient (Wildman–Crippen LogP) is 5.47. The van der Waals surface area contributed by atoms with Crippen LogP contribution in [0.25, 0.3) is 16.1 Å². The van der Waals surface area contributed by atoms with Gasteiger partial charge in [0.15, 0.2) is 0 Å². The summed E-state index contributed by atoms with van der Waals surface area (Å²) in [6.45, 7) is 2.19. The first-order chi connectivity index (χ1) is 11.6. The van der Waals surface area contributed by atoms with Crippen molar-refractivity contribution >= 4 is 43.7 Å². The molecule has 0 radical (unpaired) electrons. The molecular formula is C20H18BrClN2. The summed E-state index contributed by atoms with van der Waals surface area (Å²) in [5.41, 5.74) is 7.37. The van der Waals surface area contributed by atoms with Gasteiger partial charge in [-0.15, -0.1) is 0 Å². The van der Waals surface area contributed by atoms with Crippen LogP contribution in [0.2, 0.25) is 5.02 Å².